The zero-order valence-corrected chi connectivity index (χ0v) is 19.4. The molecule has 0 fully saturated rings. The quantitative estimate of drug-likeness (QED) is 0.481. The molecule has 5 heteroatoms. The van der Waals surface area contributed by atoms with E-state index in [2.05, 4.69) is 57.1 Å². The van der Waals surface area contributed by atoms with Gasteiger partial charge < -0.3 is 10.1 Å². The number of benzene rings is 2. The first kappa shape index (κ1) is 22.0. The minimum absolute atomic E-state index is 0.113. The van der Waals surface area contributed by atoms with Gasteiger partial charge in [-0.2, -0.15) is 0 Å². The molecule has 1 aromatic heterocycles. The first-order chi connectivity index (χ1) is 14.1. The lowest BCUT2D eigenvalue weighted by molar-refractivity contribution is 0.103. The fourth-order valence-electron chi connectivity index (χ4n) is 3.06. The van der Waals surface area contributed by atoms with Crippen LogP contribution >= 0.6 is 11.3 Å². The highest BCUT2D eigenvalue weighted by molar-refractivity contribution is 7.13. The van der Waals surface area contributed by atoms with Gasteiger partial charge in [0.05, 0.1) is 5.69 Å². The van der Waals surface area contributed by atoms with Crippen molar-refractivity contribution in [2.45, 2.75) is 59.5 Å². The third-order valence-electron chi connectivity index (χ3n) is 4.96. The fraction of sp³-hybridized carbons (Fsp3) is 0.360. The second kappa shape index (κ2) is 9.00. The maximum atomic E-state index is 12.7. The SMILES string of the molecule is Cc1nc(COc2ccc(C(C)(C)C)cc2)sc1C(=O)Nc1ccc(C(C)C)cc1. The number of rotatable bonds is 6. The minimum atomic E-state index is -0.136. The van der Waals surface area contributed by atoms with Crippen LogP contribution in [0, 0.1) is 6.92 Å². The lowest BCUT2D eigenvalue weighted by Gasteiger charge is -2.19. The molecule has 0 radical (unpaired) electrons. The molecule has 30 heavy (non-hydrogen) atoms. The number of aromatic nitrogens is 1. The summed E-state index contributed by atoms with van der Waals surface area (Å²) < 4.78 is 5.88. The largest absolute Gasteiger partial charge is 0.486 e. The van der Waals surface area contributed by atoms with Gasteiger partial charge in [-0.05, 0) is 53.6 Å². The molecule has 1 heterocycles. The van der Waals surface area contributed by atoms with Crippen molar-refractivity contribution in [1.29, 1.82) is 0 Å². The van der Waals surface area contributed by atoms with Gasteiger partial charge in [-0.15, -0.1) is 11.3 Å². The Balaban J connectivity index is 1.62. The van der Waals surface area contributed by atoms with Gasteiger partial charge in [-0.3, -0.25) is 4.79 Å². The Morgan fingerprint density at radius 2 is 1.70 bits per heavy atom. The molecular weight excluding hydrogens is 392 g/mol. The number of amides is 1. The smallest absolute Gasteiger partial charge is 0.267 e. The van der Waals surface area contributed by atoms with Crippen LogP contribution in [0.4, 0.5) is 5.69 Å². The van der Waals surface area contributed by atoms with Gasteiger partial charge in [0.25, 0.3) is 5.91 Å². The van der Waals surface area contributed by atoms with Crippen molar-refractivity contribution in [2.75, 3.05) is 5.32 Å². The highest BCUT2D eigenvalue weighted by Crippen LogP contribution is 2.26. The second-order valence-corrected chi connectivity index (χ2v) is 9.90. The molecule has 0 aliphatic heterocycles. The van der Waals surface area contributed by atoms with Gasteiger partial charge in [-0.25, -0.2) is 4.98 Å². The molecule has 158 valence electrons. The first-order valence-corrected chi connectivity index (χ1v) is 11.1. The van der Waals surface area contributed by atoms with Crippen LogP contribution in [0.15, 0.2) is 48.5 Å². The van der Waals surface area contributed by atoms with Crippen molar-refractivity contribution < 1.29 is 9.53 Å². The van der Waals surface area contributed by atoms with E-state index in [1.165, 1.54) is 22.5 Å². The normalized spacial score (nSPS) is 11.6. The molecule has 0 atom stereocenters. The summed E-state index contributed by atoms with van der Waals surface area (Å²) in [6.07, 6.45) is 0. The highest BCUT2D eigenvalue weighted by atomic mass is 32.1. The molecule has 0 spiro atoms. The molecule has 0 aliphatic carbocycles. The van der Waals surface area contributed by atoms with Crippen molar-refractivity contribution in [3.63, 3.8) is 0 Å². The summed E-state index contributed by atoms with van der Waals surface area (Å²) in [6.45, 7) is 13.1. The van der Waals surface area contributed by atoms with Crippen molar-refractivity contribution in [2.24, 2.45) is 0 Å². The van der Waals surface area contributed by atoms with E-state index in [1.54, 1.807) is 0 Å². The maximum Gasteiger partial charge on any atom is 0.267 e. The van der Waals surface area contributed by atoms with Crippen LogP contribution < -0.4 is 10.1 Å². The van der Waals surface area contributed by atoms with E-state index in [0.717, 1.165) is 22.1 Å². The zero-order chi connectivity index (χ0) is 21.9. The Hall–Kier alpha value is -2.66. The lowest BCUT2D eigenvalue weighted by atomic mass is 9.87. The average molecular weight is 423 g/mol. The molecule has 4 nitrogen and oxygen atoms in total. The summed E-state index contributed by atoms with van der Waals surface area (Å²) in [6, 6.07) is 16.1. The number of nitrogens with one attached hydrogen (secondary N) is 1. The van der Waals surface area contributed by atoms with Gasteiger partial charge in [0.15, 0.2) is 0 Å². The summed E-state index contributed by atoms with van der Waals surface area (Å²) in [5.74, 6) is 1.13. The van der Waals surface area contributed by atoms with Crippen molar-refractivity contribution >= 4 is 22.9 Å². The van der Waals surface area contributed by atoms with E-state index >= 15 is 0 Å². The predicted octanol–water partition coefficient (Wildman–Crippen LogP) is 6.70. The standard InChI is InChI=1S/C25H30N2O2S/c1-16(2)18-7-11-20(12-8-18)27-24(28)23-17(3)26-22(30-23)15-29-21-13-9-19(10-14-21)25(4,5)6/h7-14,16H,15H2,1-6H3,(H,27,28). The molecule has 3 rings (SSSR count). The Bertz CT molecular complexity index is 997. The Labute approximate surface area is 183 Å². The average Bonchev–Trinajstić information content (AvgIpc) is 3.07. The van der Waals surface area contributed by atoms with Gasteiger partial charge in [0.1, 0.15) is 22.2 Å². The highest BCUT2D eigenvalue weighted by Gasteiger charge is 2.17. The molecule has 0 saturated heterocycles. The molecule has 0 unspecified atom stereocenters. The third kappa shape index (κ3) is 5.48. The van der Waals surface area contributed by atoms with Crippen LogP contribution in [-0.2, 0) is 12.0 Å². The number of nitrogens with zero attached hydrogens (tertiary/aromatic N) is 1. The molecule has 2 aromatic carbocycles. The summed E-state index contributed by atoms with van der Waals surface area (Å²) in [7, 11) is 0. The van der Waals surface area contributed by atoms with E-state index in [0.29, 0.717) is 17.4 Å². The third-order valence-corrected chi connectivity index (χ3v) is 6.09. The fourth-order valence-corrected chi connectivity index (χ4v) is 3.93. The van der Waals surface area contributed by atoms with Crippen LogP contribution in [0.1, 0.15) is 72.0 Å². The Morgan fingerprint density at radius 3 is 2.27 bits per heavy atom. The number of hydrogen-bond acceptors (Lipinski definition) is 4. The van der Waals surface area contributed by atoms with Gasteiger partial charge in [-0.1, -0.05) is 58.9 Å². The van der Waals surface area contributed by atoms with Gasteiger partial charge in [0, 0.05) is 5.69 Å². The number of aryl methyl sites for hydroxylation is 1. The number of carbonyl (C=O) groups is 1. The van der Waals surface area contributed by atoms with E-state index in [1.807, 2.05) is 43.3 Å². The molecule has 1 amide bonds. The van der Waals surface area contributed by atoms with Gasteiger partial charge >= 0.3 is 0 Å². The predicted molar refractivity (Wildman–Crippen MR) is 125 cm³/mol. The molecule has 1 N–H and O–H groups in total. The first-order valence-electron chi connectivity index (χ1n) is 10.2. The van der Waals surface area contributed by atoms with E-state index in [9.17, 15) is 4.79 Å². The molecule has 0 saturated carbocycles. The molecular formula is C25H30N2O2S. The summed E-state index contributed by atoms with van der Waals surface area (Å²) >= 11 is 1.37. The van der Waals surface area contributed by atoms with Gasteiger partial charge in [0.2, 0.25) is 0 Å². The van der Waals surface area contributed by atoms with Crippen molar-refractivity contribution in [3.05, 3.63) is 75.2 Å². The number of carbonyl (C=O) groups excluding carboxylic acids is 1. The van der Waals surface area contributed by atoms with Crippen molar-refractivity contribution in [1.82, 2.24) is 4.98 Å². The number of thiazole rings is 1. The number of hydrogen-bond donors (Lipinski definition) is 1. The number of ether oxygens (including phenoxy) is 1. The Morgan fingerprint density at radius 1 is 1.07 bits per heavy atom. The number of anilines is 1. The van der Waals surface area contributed by atoms with E-state index in [4.69, 9.17) is 4.74 Å². The topological polar surface area (TPSA) is 51.2 Å². The Kier molecular flexibility index (Phi) is 6.61. The van der Waals surface area contributed by atoms with E-state index in [-0.39, 0.29) is 11.3 Å². The zero-order valence-electron chi connectivity index (χ0n) is 18.6. The van der Waals surface area contributed by atoms with Crippen LogP contribution in [0.25, 0.3) is 0 Å². The molecule has 0 bridgehead atoms. The van der Waals surface area contributed by atoms with E-state index < -0.39 is 0 Å². The van der Waals surface area contributed by atoms with Crippen LogP contribution in [-0.4, -0.2) is 10.9 Å². The van der Waals surface area contributed by atoms with Crippen molar-refractivity contribution in [3.8, 4) is 5.75 Å². The molecule has 0 aliphatic rings. The summed E-state index contributed by atoms with van der Waals surface area (Å²) in [5.41, 5.74) is 4.13. The summed E-state index contributed by atoms with van der Waals surface area (Å²) in [4.78, 5) is 17.8. The molecule has 3 aromatic rings. The van der Waals surface area contributed by atoms with Crippen LogP contribution in [0.3, 0.4) is 0 Å². The van der Waals surface area contributed by atoms with Crippen LogP contribution in [0.2, 0.25) is 0 Å². The van der Waals surface area contributed by atoms with Crippen LogP contribution in [0.5, 0.6) is 5.75 Å². The lowest BCUT2D eigenvalue weighted by Crippen LogP contribution is -2.11. The second-order valence-electron chi connectivity index (χ2n) is 8.82. The maximum absolute atomic E-state index is 12.7. The monoisotopic (exact) mass is 422 g/mol. The minimum Gasteiger partial charge on any atom is -0.486 e. The summed E-state index contributed by atoms with van der Waals surface area (Å²) in [5, 5.41) is 3.75.